The van der Waals surface area contributed by atoms with Crippen LogP contribution in [-0.2, 0) is 33.1 Å². The van der Waals surface area contributed by atoms with Gasteiger partial charge in [-0.05, 0) is 30.4 Å². The van der Waals surface area contributed by atoms with Gasteiger partial charge in [0.25, 0.3) is 10.0 Å². The summed E-state index contributed by atoms with van der Waals surface area (Å²) in [5, 5.41) is 2.99. The van der Waals surface area contributed by atoms with Gasteiger partial charge in [0.15, 0.2) is 5.03 Å². The molecular weight excluding hydrogens is 394 g/mol. The van der Waals surface area contributed by atoms with Crippen molar-refractivity contribution < 1.29 is 17.9 Å². The van der Waals surface area contributed by atoms with Gasteiger partial charge in [0.05, 0.1) is 25.0 Å². The molecule has 0 aliphatic carbocycles. The SMILES string of the molecule is Cn1cnc(S(=O)(=O)N2CC[C@H]3OC[C@@H](C(=O)NCc4cccnc4)C[C@H]3C2)c1. The lowest BCUT2D eigenvalue weighted by molar-refractivity contribution is -0.137. The Hall–Kier alpha value is -2.30. The summed E-state index contributed by atoms with van der Waals surface area (Å²) in [5.41, 5.74) is 0.931. The van der Waals surface area contributed by atoms with E-state index in [2.05, 4.69) is 15.3 Å². The van der Waals surface area contributed by atoms with Crippen molar-refractivity contribution in [1.29, 1.82) is 0 Å². The van der Waals surface area contributed by atoms with Crippen LogP contribution >= 0.6 is 0 Å². The molecule has 10 heteroatoms. The summed E-state index contributed by atoms with van der Waals surface area (Å²) < 4.78 is 34.8. The van der Waals surface area contributed by atoms with Crippen molar-refractivity contribution in [3.8, 4) is 0 Å². The maximum absolute atomic E-state index is 12.9. The maximum Gasteiger partial charge on any atom is 0.262 e. The quantitative estimate of drug-likeness (QED) is 0.759. The number of carbonyl (C=O) groups excluding carboxylic acids is 1. The molecule has 4 heterocycles. The van der Waals surface area contributed by atoms with Crippen molar-refractivity contribution in [1.82, 2.24) is 24.2 Å². The van der Waals surface area contributed by atoms with Gasteiger partial charge in [-0.2, -0.15) is 4.31 Å². The average molecular weight is 420 g/mol. The molecule has 0 unspecified atom stereocenters. The van der Waals surface area contributed by atoms with Crippen LogP contribution < -0.4 is 5.32 Å². The predicted octanol–water partition coefficient (Wildman–Crippen LogP) is 0.547. The summed E-state index contributed by atoms with van der Waals surface area (Å²) in [7, 11) is -1.90. The zero-order valence-corrected chi connectivity index (χ0v) is 17.1. The van der Waals surface area contributed by atoms with Gasteiger partial charge in [0.2, 0.25) is 5.91 Å². The fourth-order valence-corrected chi connectivity index (χ4v) is 5.47. The highest BCUT2D eigenvalue weighted by atomic mass is 32.2. The van der Waals surface area contributed by atoms with Gasteiger partial charge in [-0.3, -0.25) is 9.78 Å². The minimum absolute atomic E-state index is 0.00689. The van der Waals surface area contributed by atoms with E-state index in [4.69, 9.17) is 4.74 Å². The van der Waals surface area contributed by atoms with Crippen LogP contribution in [0.15, 0.2) is 42.1 Å². The van der Waals surface area contributed by atoms with Crippen molar-refractivity contribution in [2.75, 3.05) is 19.7 Å². The Morgan fingerprint density at radius 2 is 2.28 bits per heavy atom. The van der Waals surface area contributed by atoms with E-state index < -0.39 is 10.0 Å². The number of ether oxygens (including phenoxy) is 1. The normalized spacial score (nSPS) is 25.3. The molecular formula is C19H25N5O4S. The minimum atomic E-state index is -3.64. The Balaban J connectivity index is 1.38. The van der Waals surface area contributed by atoms with E-state index in [0.717, 1.165) is 5.56 Å². The summed E-state index contributed by atoms with van der Waals surface area (Å²) in [4.78, 5) is 20.6. The van der Waals surface area contributed by atoms with E-state index in [1.54, 1.807) is 24.0 Å². The zero-order chi connectivity index (χ0) is 20.4. The Labute approximate surface area is 170 Å². The largest absolute Gasteiger partial charge is 0.377 e. The van der Waals surface area contributed by atoms with Gasteiger partial charge in [0.1, 0.15) is 0 Å². The summed E-state index contributed by atoms with van der Waals surface area (Å²) in [5.74, 6) is -0.368. The molecule has 2 saturated heterocycles. The molecule has 0 radical (unpaired) electrons. The number of aryl methyl sites for hydroxylation is 1. The first-order valence-electron chi connectivity index (χ1n) is 9.70. The van der Waals surface area contributed by atoms with Crippen LogP contribution in [0.2, 0.25) is 0 Å². The number of nitrogens with one attached hydrogen (secondary N) is 1. The van der Waals surface area contributed by atoms with Crippen molar-refractivity contribution in [3.05, 3.63) is 42.6 Å². The summed E-state index contributed by atoms with van der Waals surface area (Å²) in [6, 6.07) is 3.73. The number of hydrogen-bond acceptors (Lipinski definition) is 6. The number of amides is 1. The minimum Gasteiger partial charge on any atom is -0.377 e. The van der Waals surface area contributed by atoms with Crippen LogP contribution in [0.4, 0.5) is 0 Å². The number of imidazole rings is 1. The number of pyridine rings is 1. The fourth-order valence-electron chi connectivity index (χ4n) is 3.99. The van der Waals surface area contributed by atoms with Gasteiger partial charge in [-0.25, -0.2) is 13.4 Å². The molecule has 1 amide bonds. The Bertz CT molecular complexity index is 962. The second-order valence-corrected chi connectivity index (χ2v) is 9.56. The molecule has 2 fully saturated rings. The van der Waals surface area contributed by atoms with Gasteiger partial charge in [-0.15, -0.1) is 0 Å². The molecule has 3 atom stereocenters. The molecule has 2 aromatic rings. The zero-order valence-electron chi connectivity index (χ0n) is 16.3. The Kier molecular flexibility index (Phi) is 5.66. The molecule has 2 aromatic heterocycles. The van der Waals surface area contributed by atoms with Crippen molar-refractivity contribution in [2.45, 2.75) is 30.5 Å². The first-order valence-corrected chi connectivity index (χ1v) is 11.1. The van der Waals surface area contributed by atoms with Crippen LogP contribution in [-0.4, -0.2) is 59.0 Å². The number of piperidine rings is 1. The Morgan fingerprint density at radius 1 is 1.41 bits per heavy atom. The third-order valence-electron chi connectivity index (χ3n) is 5.57. The number of sulfonamides is 1. The molecule has 29 heavy (non-hydrogen) atoms. The van der Waals surface area contributed by atoms with E-state index in [-0.39, 0.29) is 28.9 Å². The lowest BCUT2D eigenvalue weighted by Gasteiger charge is -2.42. The monoisotopic (exact) mass is 419 g/mol. The number of nitrogens with zero attached hydrogens (tertiary/aromatic N) is 4. The Morgan fingerprint density at radius 3 is 3.00 bits per heavy atom. The van der Waals surface area contributed by atoms with Crippen LogP contribution in [0, 0.1) is 11.8 Å². The highest BCUT2D eigenvalue weighted by Crippen LogP contribution is 2.33. The van der Waals surface area contributed by atoms with E-state index in [9.17, 15) is 13.2 Å². The second-order valence-electron chi connectivity index (χ2n) is 7.67. The van der Waals surface area contributed by atoms with Crippen molar-refractivity contribution >= 4 is 15.9 Å². The first kappa shape index (κ1) is 20.0. The standard InChI is InChI=1S/C19H25N5O4S/c1-23-11-18(22-13-23)29(26,27)24-6-4-17-15(10-24)7-16(12-28-17)19(25)21-9-14-3-2-5-20-8-14/h2-3,5,8,11,13,15-17H,4,6-7,9-10,12H2,1H3,(H,21,25)/t15-,16-,17+/m0/s1. The molecule has 4 rings (SSSR count). The van der Waals surface area contributed by atoms with Crippen molar-refractivity contribution in [3.63, 3.8) is 0 Å². The van der Waals surface area contributed by atoms with E-state index in [1.165, 1.54) is 16.8 Å². The lowest BCUT2D eigenvalue weighted by Crippen LogP contribution is -2.51. The predicted molar refractivity (Wildman–Crippen MR) is 104 cm³/mol. The van der Waals surface area contributed by atoms with Gasteiger partial charge >= 0.3 is 0 Å². The number of rotatable bonds is 5. The number of fused-ring (bicyclic) bond motifs is 1. The molecule has 1 N–H and O–H groups in total. The topological polar surface area (TPSA) is 106 Å². The van der Waals surface area contributed by atoms with Crippen LogP contribution in [0.1, 0.15) is 18.4 Å². The highest BCUT2D eigenvalue weighted by Gasteiger charge is 2.41. The second kappa shape index (κ2) is 8.21. The maximum atomic E-state index is 12.9. The van der Waals surface area contributed by atoms with E-state index in [1.807, 2.05) is 12.1 Å². The molecule has 2 aliphatic heterocycles. The smallest absolute Gasteiger partial charge is 0.262 e. The summed E-state index contributed by atoms with van der Waals surface area (Å²) >= 11 is 0. The third-order valence-corrected chi connectivity index (χ3v) is 7.32. The molecule has 0 saturated carbocycles. The molecule has 0 spiro atoms. The van der Waals surface area contributed by atoms with Gasteiger partial charge in [0, 0.05) is 45.3 Å². The molecule has 2 aliphatic rings. The molecule has 0 aromatic carbocycles. The number of hydrogen-bond donors (Lipinski definition) is 1. The first-order chi connectivity index (χ1) is 13.9. The van der Waals surface area contributed by atoms with Crippen molar-refractivity contribution in [2.24, 2.45) is 18.9 Å². The van der Waals surface area contributed by atoms with Gasteiger partial charge in [-0.1, -0.05) is 6.07 Å². The summed E-state index contributed by atoms with van der Waals surface area (Å²) in [6.07, 6.45) is 7.62. The fraction of sp³-hybridized carbons (Fsp3) is 0.526. The van der Waals surface area contributed by atoms with Crippen LogP contribution in [0.5, 0.6) is 0 Å². The van der Waals surface area contributed by atoms with Crippen LogP contribution in [0.25, 0.3) is 0 Å². The average Bonchev–Trinajstić information content (AvgIpc) is 3.19. The summed E-state index contributed by atoms with van der Waals surface area (Å²) in [6.45, 7) is 1.53. The van der Waals surface area contributed by atoms with Crippen LogP contribution in [0.3, 0.4) is 0 Å². The van der Waals surface area contributed by atoms with E-state index in [0.29, 0.717) is 39.1 Å². The number of aromatic nitrogens is 3. The molecule has 156 valence electrons. The molecule has 9 nitrogen and oxygen atoms in total. The number of carbonyl (C=O) groups is 1. The molecule has 0 bridgehead atoms. The highest BCUT2D eigenvalue weighted by molar-refractivity contribution is 7.89. The lowest BCUT2D eigenvalue weighted by atomic mass is 9.84. The van der Waals surface area contributed by atoms with E-state index >= 15 is 0 Å². The van der Waals surface area contributed by atoms with Gasteiger partial charge < -0.3 is 14.6 Å². The third kappa shape index (κ3) is 4.34.